The largest absolute Gasteiger partial charge is 0.497 e. The number of aliphatic carboxylic acids is 1. The first kappa shape index (κ1) is 13.8. The van der Waals surface area contributed by atoms with Crippen molar-refractivity contribution >= 4 is 22.4 Å². The summed E-state index contributed by atoms with van der Waals surface area (Å²) in [5.41, 5.74) is 0.950. The van der Waals surface area contributed by atoms with E-state index in [9.17, 15) is 9.90 Å². The predicted molar refractivity (Wildman–Crippen MR) is 79.9 cm³/mol. The number of carbonyl (C=O) groups is 1. The summed E-state index contributed by atoms with van der Waals surface area (Å²) in [4.78, 5) is 13.1. The monoisotopic (exact) mass is 305 g/mol. The number of nitrogens with zero attached hydrogens (tertiary/aromatic N) is 3. The summed E-state index contributed by atoms with van der Waals surface area (Å²) in [6, 6.07) is 7.09. The van der Waals surface area contributed by atoms with E-state index in [2.05, 4.69) is 10.2 Å². The number of benzene rings is 1. The number of rotatable bonds is 4. The zero-order chi connectivity index (χ0) is 14.8. The SMILES string of the molecule is COc1ccc(-c2nnc(N3CCC[C@@H]3C(=O)O)s2)cc1. The summed E-state index contributed by atoms with van der Waals surface area (Å²) in [7, 11) is 1.62. The molecule has 0 bridgehead atoms. The third-order valence-electron chi connectivity index (χ3n) is 3.53. The van der Waals surface area contributed by atoms with Gasteiger partial charge in [0.2, 0.25) is 5.13 Å². The van der Waals surface area contributed by atoms with E-state index in [1.165, 1.54) is 11.3 Å². The first-order valence-corrected chi connectivity index (χ1v) is 7.48. The Balaban J connectivity index is 1.84. The van der Waals surface area contributed by atoms with Crippen molar-refractivity contribution in [3.8, 4) is 16.3 Å². The first-order chi connectivity index (χ1) is 10.2. The molecule has 21 heavy (non-hydrogen) atoms. The van der Waals surface area contributed by atoms with Crippen molar-refractivity contribution < 1.29 is 14.6 Å². The molecular weight excluding hydrogens is 290 g/mol. The van der Waals surface area contributed by atoms with Crippen molar-refractivity contribution in [2.45, 2.75) is 18.9 Å². The Morgan fingerprint density at radius 3 is 2.81 bits per heavy atom. The van der Waals surface area contributed by atoms with E-state index >= 15 is 0 Å². The lowest BCUT2D eigenvalue weighted by atomic mass is 10.2. The molecule has 1 N–H and O–H groups in total. The molecule has 2 heterocycles. The molecular formula is C14H15N3O3S. The highest BCUT2D eigenvalue weighted by molar-refractivity contribution is 7.18. The molecule has 0 saturated carbocycles. The van der Waals surface area contributed by atoms with Crippen LogP contribution in [0.3, 0.4) is 0 Å². The van der Waals surface area contributed by atoms with Crippen molar-refractivity contribution in [3.05, 3.63) is 24.3 Å². The van der Waals surface area contributed by atoms with E-state index in [1.807, 2.05) is 29.2 Å². The van der Waals surface area contributed by atoms with E-state index in [1.54, 1.807) is 7.11 Å². The van der Waals surface area contributed by atoms with Gasteiger partial charge in [0, 0.05) is 12.1 Å². The van der Waals surface area contributed by atoms with Crippen LogP contribution in [-0.4, -0.2) is 41.0 Å². The molecule has 3 rings (SSSR count). The lowest BCUT2D eigenvalue weighted by Gasteiger charge is -2.19. The second-order valence-electron chi connectivity index (χ2n) is 4.81. The molecule has 0 unspecified atom stereocenters. The zero-order valence-corrected chi connectivity index (χ0v) is 12.3. The van der Waals surface area contributed by atoms with Crippen molar-refractivity contribution in [1.29, 1.82) is 0 Å². The topological polar surface area (TPSA) is 75.6 Å². The Bertz CT molecular complexity index is 641. The van der Waals surface area contributed by atoms with Gasteiger partial charge in [-0.3, -0.25) is 0 Å². The van der Waals surface area contributed by atoms with Gasteiger partial charge in [-0.15, -0.1) is 10.2 Å². The molecule has 1 fully saturated rings. The Morgan fingerprint density at radius 1 is 1.38 bits per heavy atom. The van der Waals surface area contributed by atoms with Crippen LogP contribution in [0.25, 0.3) is 10.6 Å². The number of ether oxygens (including phenoxy) is 1. The second-order valence-corrected chi connectivity index (χ2v) is 5.76. The number of anilines is 1. The molecule has 7 heteroatoms. The fourth-order valence-electron chi connectivity index (χ4n) is 2.43. The minimum atomic E-state index is -0.798. The van der Waals surface area contributed by atoms with E-state index in [0.29, 0.717) is 18.1 Å². The predicted octanol–water partition coefficient (Wildman–Crippen LogP) is 2.27. The third kappa shape index (κ3) is 2.69. The van der Waals surface area contributed by atoms with Crippen LogP contribution in [-0.2, 0) is 4.79 Å². The fourth-order valence-corrected chi connectivity index (χ4v) is 3.36. The van der Waals surface area contributed by atoms with E-state index in [4.69, 9.17) is 4.74 Å². The van der Waals surface area contributed by atoms with Crippen LogP contribution in [0, 0.1) is 0 Å². The maximum atomic E-state index is 11.2. The van der Waals surface area contributed by atoms with Crippen molar-refractivity contribution in [1.82, 2.24) is 10.2 Å². The van der Waals surface area contributed by atoms with Crippen LogP contribution in [0.15, 0.2) is 24.3 Å². The molecule has 1 aromatic heterocycles. The summed E-state index contributed by atoms with van der Waals surface area (Å²) in [5.74, 6) is -0.0114. The Morgan fingerprint density at radius 2 is 2.14 bits per heavy atom. The van der Waals surface area contributed by atoms with E-state index in [-0.39, 0.29) is 0 Å². The Kier molecular flexibility index (Phi) is 3.74. The summed E-state index contributed by atoms with van der Waals surface area (Å²) >= 11 is 1.42. The maximum absolute atomic E-state index is 11.2. The number of carboxylic acid groups (broad SMARTS) is 1. The molecule has 0 radical (unpaired) electrons. The minimum Gasteiger partial charge on any atom is -0.497 e. The van der Waals surface area contributed by atoms with E-state index in [0.717, 1.165) is 22.7 Å². The molecule has 110 valence electrons. The zero-order valence-electron chi connectivity index (χ0n) is 11.5. The van der Waals surface area contributed by atoms with Gasteiger partial charge in [-0.1, -0.05) is 11.3 Å². The lowest BCUT2D eigenvalue weighted by molar-refractivity contribution is -0.138. The number of hydrogen-bond acceptors (Lipinski definition) is 6. The normalized spacial score (nSPS) is 18.0. The molecule has 1 aliphatic rings. The van der Waals surface area contributed by atoms with Crippen LogP contribution >= 0.6 is 11.3 Å². The number of hydrogen-bond donors (Lipinski definition) is 1. The third-order valence-corrected chi connectivity index (χ3v) is 4.54. The summed E-state index contributed by atoms with van der Waals surface area (Å²) in [5, 5.41) is 19.0. The van der Waals surface area contributed by atoms with Crippen LogP contribution < -0.4 is 9.64 Å². The number of methoxy groups -OCH3 is 1. The highest BCUT2D eigenvalue weighted by Crippen LogP contribution is 2.33. The number of aromatic nitrogens is 2. The van der Waals surface area contributed by atoms with Crippen LogP contribution in [0.4, 0.5) is 5.13 Å². The van der Waals surface area contributed by atoms with Crippen LogP contribution in [0.2, 0.25) is 0 Å². The molecule has 2 aromatic rings. The van der Waals surface area contributed by atoms with Gasteiger partial charge in [0.1, 0.15) is 16.8 Å². The van der Waals surface area contributed by atoms with Crippen molar-refractivity contribution in [2.24, 2.45) is 0 Å². The standard InChI is InChI=1S/C14H15N3O3S/c1-20-10-6-4-9(5-7-10)12-15-16-14(21-12)17-8-2-3-11(17)13(18)19/h4-7,11H,2-3,8H2,1H3,(H,18,19)/t11-/m1/s1. The fraction of sp³-hybridized carbons (Fsp3) is 0.357. The van der Waals surface area contributed by atoms with Gasteiger partial charge < -0.3 is 14.7 Å². The van der Waals surface area contributed by atoms with Gasteiger partial charge >= 0.3 is 5.97 Å². The van der Waals surface area contributed by atoms with Gasteiger partial charge in [-0.05, 0) is 37.1 Å². The maximum Gasteiger partial charge on any atom is 0.326 e. The summed E-state index contributed by atoms with van der Waals surface area (Å²) in [6.07, 6.45) is 1.53. The van der Waals surface area contributed by atoms with Gasteiger partial charge in [0.05, 0.1) is 7.11 Å². The minimum absolute atomic E-state index is 0.485. The van der Waals surface area contributed by atoms with Gasteiger partial charge in [0.25, 0.3) is 0 Å². The Labute approximate surface area is 126 Å². The van der Waals surface area contributed by atoms with Crippen molar-refractivity contribution in [3.63, 3.8) is 0 Å². The highest BCUT2D eigenvalue weighted by Gasteiger charge is 2.32. The van der Waals surface area contributed by atoms with Crippen LogP contribution in [0.1, 0.15) is 12.8 Å². The van der Waals surface area contributed by atoms with Gasteiger partial charge in [-0.2, -0.15) is 0 Å². The van der Waals surface area contributed by atoms with Crippen LogP contribution in [0.5, 0.6) is 5.75 Å². The smallest absolute Gasteiger partial charge is 0.326 e. The van der Waals surface area contributed by atoms with Gasteiger partial charge in [0.15, 0.2) is 0 Å². The molecule has 0 spiro atoms. The average molecular weight is 305 g/mol. The number of carboxylic acids is 1. The average Bonchev–Trinajstić information content (AvgIpc) is 3.16. The molecule has 1 aromatic carbocycles. The molecule has 1 atom stereocenters. The molecule has 0 aliphatic carbocycles. The first-order valence-electron chi connectivity index (χ1n) is 6.66. The lowest BCUT2D eigenvalue weighted by Crippen LogP contribution is -2.35. The quantitative estimate of drug-likeness (QED) is 0.934. The van der Waals surface area contributed by atoms with Crippen molar-refractivity contribution in [2.75, 3.05) is 18.6 Å². The summed E-state index contributed by atoms with van der Waals surface area (Å²) < 4.78 is 5.13. The molecule has 1 aliphatic heterocycles. The van der Waals surface area contributed by atoms with E-state index < -0.39 is 12.0 Å². The molecule has 1 saturated heterocycles. The van der Waals surface area contributed by atoms with Gasteiger partial charge in [-0.25, -0.2) is 4.79 Å². The Hall–Kier alpha value is -2.15. The highest BCUT2D eigenvalue weighted by atomic mass is 32.1. The molecule has 6 nitrogen and oxygen atoms in total. The summed E-state index contributed by atoms with van der Waals surface area (Å²) in [6.45, 7) is 0.716. The molecule has 0 amide bonds. The second kappa shape index (κ2) is 5.69.